The van der Waals surface area contributed by atoms with Gasteiger partial charge in [-0.3, -0.25) is 48.3 Å². The number of nitrogens with zero attached hydrogens (tertiary/aromatic N) is 8. The summed E-state index contributed by atoms with van der Waals surface area (Å²) in [6, 6.07) is 4.58. The van der Waals surface area contributed by atoms with Gasteiger partial charge in [0.25, 0.3) is 23.6 Å². The molecule has 4 N–H and O–H groups in total. The van der Waals surface area contributed by atoms with Crippen molar-refractivity contribution in [3.8, 4) is 0 Å². The van der Waals surface area contributed by atoms with Crippen molar-refractivity contribution >= 4 is 105 Å². The van der Waals surface area contributed by atoms with Crippen molar-refractivity contribution in [3.63, 3.8) is 0 Å². The van der Waals surface area contributed by atoms with Gasteiger partial charge in [-0.05, 0) is 55.9 Å². The minimum Gasteiger partial charge on any atom is -0.461 e. The van der Waals surface area contributed by atoms with E-state index < -0.39 is 142 Å². The third-order valence-electron chi connectivity index (χ3n) is 14.4. The Morgan fingerprint density at radius 3 is 1.35 bits per heavy atom. The smallest absolute Gasteiger partial charge is 0.329 e. The van der Waals surface area contributed by atoms with E-state index in [-0.39, 0.29) is 17.3 Å². The number of para-hydroxylation sites is 4. The molecule has 2 bridgehead atoms. The van der Waals surface area contributed by atoms with E-state index in [9.17, 15) is 38.4 Å². The van der Waals surface area contributed by atoms with E-state index >= 15 is 9.59 Å². The summed E-state index contributed by atoms with van der Waals surface area (Å²) >= 11 is 1.66. The fourth-order valence-corrected chi connectivity index (χ4v) is 13.0. The number of hydrogen-bond donors (Lipinski definition) is 4. The first kappa shape index (κ1) is 58.2. The van der Waals surface area contributed by atoms with Crippen LogP contribution >= 0.6 is 23.5 Å². The van der Waals surface area contributed by atoms with Crippen molar-refractivity contribution in [2.75, 3.05) is 52.9 Å². The number of hydrogen-bond acceptors (Lipinski definition) is 18. The standard InChI is InChI=1S/C52H64N12O12S2/c1-26(2)28(5)40-48(72)76-23-38(60-42(66)36-21-54-32-17-13-15-19-34(32)58-36)44(68)56-29(6)45(69)63(10)51-24-78-52(25-77-51,50(74)62(40)9)64(11)46(70)30(7)55-43(67)37(22-75-47(71)39(27(3)4)61(8)49(51)73)59-41(65)35-20-53-31-16-12-14-18-33(31)57-35/h12-21,26-30,37-40H,22-25H2,1-11H3,(H,55,67)(H,56,68)(H,59,65)(H,60,66). The van der Waals surface area contributed by atoms with Crippen LogP contribution in [0, 0.1) is 17.8 Å². The van der Waals surface area contributed by atoms with Crippen LogP contribution in [0.1, 0.15) is 69.4 Å². The predicted octanol–water partition coefficient (Wildman–Crippen LogP) is 0.985. The number of esters is 2. The normalized spacial score (nSPS) is 27.0. The number of carbonyl (C=O) groups is 10. The van der Waals surface area contributed by atoms with Crippen molar-refractivity contribution in [1.29, 1.82) is 0 Å². The van der Waals surface area contributed by atoms with Gasteiger partial charge in [-0.1, -0.05) is 58.9 Å². The maximum Gasteiger partial charge on any atom is 0.329 e. The fraction of sp³-hybridized carbons (Fsp3) is 0.500. The van der Waals surface area contributed by atoms with Crippen molar-refractivity contribution in [2.45, 2.75) is 94.5 Å². The molecule has 416 valence electrons. The van der Waals surface area contributed by atoms with Crippen LogP contribution in [0.2, 0.25) is 0 Å². The highest BCUT2D eigenvalue weighted by atomic mass is 32.2. The Labute approximate surface area is 458 Å². The van der Waals surface area contributed by atoms with Crippen LogP contribution in [-0.2, 0) is 47.8 Å². The number of aromatic nitrogens is 4. The minimum absolute atomic E-state index is 0.179. The average Bonchev–Trinajstić information content (AvgIpc) is 3.63. The minimum atomic E-state index is -2.00. The van der Waals surface area contributed by atoms with Crippen LogP contribution in [0.3, 0.4) is 0 Å². The van der Waals surface area contributed by atoms with Crippen LogP contribution in [0.25, 0.3) is 22.1 Å². The molecule has 24 nitrogen and oxygen atoms in total. The molecule has 0 aliphatic carbocycles. The zero-order valence-electron chi connectivity index (χ0n) is 45.1. The monoisotopic (exact) mass is 1110 g/mol. The van der Waals surface area contributed by atoms with E-state index in [0.717, 1.165) is 43.1 Å². The first-order valence-corrected chi connectivity index (χ1v) is 27.2. The Hall–Kier alpha value is -7.48. The van der Waals surface area contributed by atoms with Gasteiger partial charge >= 0.3 is 11.9 Å². The lowest BCUT2D eigenvalue weighted by Crippen LogP contribution is -2.71. The Kier molecular flexibility index (Phi) is 17.6. The second-order valence-corrected chi connectivity index (χ2v) is 22.8. The number of nitrogens with one attached hydrogen (secondary N) is 4. The van der Waals surface area contributed by atoms with Crippen molar-refractivity contribution in [2.24, 2.45) is 17.8 Å². The first-order chi connectivity index (χ1) is 36.8. The number of rotatable bonds is 7. The van der Waals surface area contributed by atoms with Gasteiger partial charge in [0.1, 0.15) is 60.9 Å². The molecule has 5 fully saturated rings. The van der Waals surface area contributed by atoms with Crippen molar-refractivity contribution in [1.82, 2.24) is 60.8 Å². The fourth-order valence-electron chi connectivity index (χ4n) is 9.36. The van der Waals surface area contributed by atoms with Gasteiger partial charge in [0.15, 0.2) is 9.74 Å². The van der Waals surface area contributed by atoms with E-state index in [4.69, 9.17) is 9.47 Å². The number of thioether (sulfide) groups is 2. The zero-order valence-corrected chi connectivity index (χ0v) is 46.7. The van der Waals surface area contributed by atoms with Crippen LogP contribution in [0.5, 0.6) is 0 Å². The summed E-state index contributed by atoms with van der Waals surface area (Å²) in [6.07, 6.45) is 2.41. The topological polar surface area (TPSA) is 302 Å². The Morgan fingerprint density at radius 2 is 0.974 bits per heavy atom. The van der Waals surface area contributed by atoms with E-state index in [1.165, 1.54) is 54.4 Å². The Bertz CT molecular complexity index is 3050. The molecule has 78 heavy (non-hydrogen) atoms. The third kappa shape index (κ3) is 11.5. The van der Waals surface area contributed by atoms with Gasteiger partial charge in [-0.2, -0.15) is 0 Å². The van der Waals surface area contributed by atoms with Crippen LogP contribution in [0.15, 0.2) is 60.9 Å². The SMILES string of the molecule is CC1NC(=O)C(NC(=O)c2cnc3ccccc3n2)COC(=O)C(C(C)C(C)C)N(C)C(=O)C23CSC(CS2)(C(=O)N(C)C(C(C)C)C(=O)OCC(NC(=O)c2cnc4ccccc4n2)C(=O)NC(C)C(=O)N3C)N(C)C1=O. The number of benzene rings is 2. The lowest BCUT2D eigenvalue weighted by atomic mass is 9.89. The molecule has 9 atom stereocenters. The number of amides is 8. The lowest BCUT2D eigenvalue weighted by Gasteiger charge is -2.53. The van der Waals surface area contributed by atoms with Crippen LogP contribution < -0.4 is 21.3 Å². The molecule has 9 unspecified atom stereocenters. The molecule has 2 aromatic heterocycles. The summed E-state index contributed by atoms with van der Waals surface area (Å²) in [5.41, 5.74) is 1.40. The van der Waals surface area contributed by atoms with E-state index in [1.807, 2.05) is 13.8 Å². The molecule has 4 aromatic rings. The Balaban J connectivity index is 1.32. The summed E-state index contributed by atoms with van der Waals surface area (Å²) in [7, 11) is 5.35. The number of carbonyl (C=O) groups excluding carboxylic acids is 10. The molecule has 0 radical (unpaired) electrons. The number of fused-ring (bicyclic) bond motifs is 24. The van der Waals surface area contributed by atoms with Gasteiger partial charge in [0, 0.05) is 39.7 Å². The predicted molar refractivity (Wildman–Crippen MR) is 287 cm³/mol. The molecule has 0 saturated carbocycles. The molecular formula is C52H64N12O12S2. The lowest BCUT2D eigenvalue weighted by molar-refractivity contribution is -0.162. The van der Waals surface area contributed by atoms with E-state index in [0.29, 0.717) is 22.1 Å². The second kappa shape index (κ2) is 23.6. The summed E-state index contributed by atoms with van der Waals surface area (Å²) in [6.45, 7) is 9.77. The maximum atomic E-state index is 15.7. The summed E-state index contributed by atoms with van der Waals surface area (Å²) < 4.78 is 11.6. The van der Waals surface area contributed by atoms with E-state index in [1.54, 1.807) is 69.3 Å². The van der Waals surface area contributed by atoms with Gasteiger partial charge < -0.3 is 50.3 Å². The van der Waals surface area contributed by atoms with Crippen molar-refractivity contribution < 1.29 is 57.4 Å². The highest BCUT2D eigenvalue weighted by molar-refractivity contribution is 8.09. The molecule has 2 aromatic carbocycles. The van der Waals surface area contributed by atoms with Crippen LogP contribution in [-0.4, -0.2) is 198 Å². The molecule has 7 heterocycles. The highest BCUT2D eigenvalue weighted by Gasteiger charge is 2.61. The van der Waals surface area contributed by atoms with Crippen molar-refractivity contribution in [3.05, 3.63) is 72.3 Å². The molecular weight excluding hydrogens is 1050 g/mol. The molecule has 8 amide bonds. The maximum absolute atomic E-state index is 15.7. The highest BCUT2D eigenvalue weighted by Crippen LogP contribution is 2.50. The summed E-state index contributed by atoms with van der Waals surface area (Å²) in [4.78, 5) is 164. The largest absolute Gasteiger partial charge is 0.461 e. The second-order valence-electron chi connectivity index (χ2n) is 20.3. The van der Waals surface area contributed by atoms with Gasteiger partial charge in [-0.25, -0.2) is 19.6 Å². The molecule has 5 aliphatic rings. The van der Waals surface area contributed by atoms with Gasteiger partial charge in [0.2, 0.25) is 23.6 Å². The van der Waals surface area contributed by atoms with Crippen LogP contribution in [0.4, 0.5) is 0 Å². The molecule has 0 spiro atoms. The van der Waals surface area contributed by atoms with E-state index in [2.05, 4.69) is 41.2 Å². The summed E-state index contributed by atoms with van der Waals surface area (Å²) in [5.74, 6) is -11.4. The zero-order chi connectivity index (χ0) is 57.1. The third-order valence-corrected chi connectivity index (χ3v) is 18.0. The average molecular weight is 1110 g/mol. The first-order valence-electron chi connectivity index (χ1n) is 25.2. The van der Waals surface area contributed by atoms with Gasteiger partial charge in [-0.15, -0.1) is 23.5 Å². The molecule has 5 saturated heterocycles. The van der Waals surface area contributed by atoms with Gasteiger partial charge in [0.05, 0.1) is 34.5 Å². The molecule has 5 aliphatic heterocycles. The molecule has 9 rings (SSSR count). The number of likely N-dealkylation sites (N-methyl/N-ethyl adjacent to an activating group) is 4. The Morgan fingerprint density at radius 1 is 0.603 bits per heavy atom. The quantitative estimate of drug-likeness (QED) is 0.188. The molecule has 26 heteroatoms. The number of ether oxygens (including phenoxy) is 2. The summed E-state index contributed by atoms with van der Waals surface area (Å²) in [5, 5.41) is 10.3.